The Kier molecular flexibility index (Phi) is 3.62. The fourth-order valence-electron chi connectivity index (χ4n) is 3.55. The normalized spacial score (nSPS) is 18.3. The molecule has 3 aromatic rings. The zero-order valence-electron chi connectivity index (χ0n) is 13.0. The van der Waals surface area contributed by atoms with Gasteiger partial charge < -0.3 is 9.88 Å². The van der Waals surface area contributed by atoms with Gasteiger partial charge in [-0.1, -0.05) is 24.3 Å². The Morgan fingerprint density at radius 2 is 1.91 bits per heavy atom. The second-order valence-corrected chi connectivity index (χ2v) is 6.20. The largest absolute Gasteiger partial charge is 0.361 e. The first kappa shape index (κ1) is 14.1. The minimum absolute atomic E-state index is 0.143. The van der Waals surface area contributed by atoms with Gasteiger partial charge in [0.2, 0.25) is 0 Å². The average Bonchev–Trinajstić information content (AvgIpc) is 3.09. The Morgan fingerprint density at radius 1 is 1.04 bits per heavy atom. The number of nitrogens with one attached hydrogen (secondary N) is 1. The maximum atomic E-state index is 12.9. The number of hydrogen-bond donors (Lipinski definition) is 1. The van der Waals surface area contributed by atoms with Gasteiger partial charge in [-0.15, -0.1) is 0 Å². The number of piperidine rings is 1. The first-order chi connectivity index (χ1) is 11.3. The van der Waals surface area contributed by atoms with Crippen molar-refractivity contribution in [2.75, 3.05) is 6.54 Å². The van der Waals surface area contributed by atoms with Crippen LogP contribution in [-0.2, 0) is 0 Å². The van der Waals surface area contributed by atoms with Crippen LogP contribution in [0, 0.1) is 0 Å². The second-order valence-electron chi connectivity index (χ2n) is 6.20. The summed E-state index contributed by atoms with van der Waals surface area (Å²) in [7, 11) is 0. The fraction of sp³-hybridized carbons (Fsp3) is 0.250. The summed E-state index contributed by atoms with van der Waals surface area (Å²) in [6, 6.07) is 18.4. The highest BCUT2D eigenvalue weighted by Crippen LogP contribution is 2.33. The minimum Gasteiger partial charge on any atom is -0.361 e. The van der Waals surface area contributed by atoms with Crippen LogP contribution in [0.15, 0.2) is 60.8 Å². The molecule has 0 bridgehead atoms. The molecular weight excluding hydrogens is 284 g/mol. The van der Waals surface area contributed by atoms with E-state index in [2.05, 4.69) is 29.2 Å². The van der Waals surface area contributed by atoms with Crippen LogP contribution in [0.25, 0.3) is 10.9 Å². The summed E-state index contributed by atoms with van der Waals surface area (Å²) in [6.45, 7) is 0.837. The average molecular weight is 304 g/mol. The Morgan fingerprint density at radius 3 is 2.78 bits per heavy atom. The standard InChI is InChI=1S/C20H20N2O/c23-20(15-6-2-1-3-7-15)22-13-5-4-8-19(22)17-9-10-18-16(14-17)11-12-21-18/h1-3,6-7,9-12,14,19,21H,4-5,8,13H2. The van der Waals surface area contributed by atoms with Crippen molar-refractivity contribution in [2.45, 2.75) is 25.3 Å². The lowest BCUT2D eigenvalue weighted by molar-refractivity contribution is 0.0611. The number of amides is 1. The summed E-state index contributed by atoms with van der Waals surface area (Å²) >= 11 is 0. The van der Waals surface area contributed by atoms with Crippen LogP contribution in [0.4, 0.5) is 0 Å². The Bertz CT molecular complexity index is 822. The summed E-state index contributed by atoms with van der Waals surface area (Å²) in [5.74, 6) is 0.143. The molecule has 2 aromatic carbocycles. The molecule has 0 saturated carbocycles. The molecule has 3 heteroatoms. The van der Waals surface area contributed by atoms with Crippen molar-refractivity contribution in [3.63, 3.8) is 0 Å². The predicted octanol–water partition coefficient (Wildman–Crippen LogP) is 4.54. The maximum absolute atomic E-state index is 12.9. The monoisotopic (exact) mass is 304 g/mol. The summed E-state index contributed by atoms with van der Waals surface area (Å²) < 4.78 is 0. The highest BCUT2D eigenvalue weighted by Gasteiger charge is 2.28. The molecule has 1 aromatic heterocycles. The molecule has 0 aliphatic carbocycles. The van der Waals surface area contributed by atoms with Crippen molar-refractivity contribution in [1.29, 1.82) is 0 Å². The SMILES string of the molecule is O=C(c1ccccc1)N1CCCCC1c1ccc2[nH]ccc2c1. The topological polar surface area (TPSA) is 36.1 Å². The van der Waals surface area contributed by atoms with E-state index in [0.29, 0.717) is 0 Å². The van der Waals surface area contributed by atoms with Crippen LogP contribution in [0.5, 0.6) is 0 Å². The number of H-pyrrole nitrogens is 1. The quantitative estimate of drug-likeness (QED) is 0.741. The van der Waals surface area contributed by atoms with Crippen molar-refractivity contribution >= 4 is 16.8 Å². The number of likely N-dealkylation sites (tertiary alicyclic amines) is 1. The second kappa shape index (κ2) is 5.92. The summed E-state index contributed by atoms with van der Waals surface area (Å²) in [6.07, 6.45) is 5.26. The van der Waals surface area contributed by atoms with E-state index in [1.807, 2.05) is 41.4 Å². The molecule has 1 saturated heterocycles. The van der Waals surface area contributed by atoms with Crippen molar-refractivity contribution in [3.05, 3.63) is 71.9 Å². The van der Waals surface area contributed by atoms with E-state index in [0.717, 1.165) is 30.5 Å². The van der Waals surface area contributed by atoms with E-state index in [1.54, 1.807) is 0 Å². The number of carbonyl (C=O) groups excluding carboxylic acids is 1. The number of nitrogens with zero attached hydrogens (tertiary/aromatic N) is 1. The summed E-state index contributed by atoms with van der Waals surface area (Å²) in [4.78, 5) is 18.2. The number of hydrogen-bond acceptors (Lipinski definition) is 1. The van der Waals surface area contributed by atoms with Crippen molar-refractivity contribution in [2.24, 2.45) is 0 Å². The number of carbonyl (C=O) groups is 1. The van der Waals surface area contributed by atoms with Crippen LogP contribution >= 0.6 is 0 Å². The van der Waals surface area contributed by atoms with Gasteiger partial charge in [0, 0.05) is 23.8 Å². The number of aromatic amines is 1. The summed E-state index contributed by atoms with van der Waals surface area (Å²) in [5, 5.41) is 1.21. The molecular formula is C20H20N2O. The molecule has 1 N–H and O–H groups in total. The van der Waals surface area contributed by atoms with Crippen molar-refractivity contribution in [1.82, 2.24) is 9.88 Å². The van der Waals surface area contributed by atoms with Crippen LogP contribution < -0.4 is 0 Å². The van der Waals surface area contributed by atoms with Gasteiger partial charge in [-0.3, -0.25) is 4.79 Å². The third kappa shape index (κ3) is 2.63. The van der Waals surface area contributed by atoms with Gasteiger partial charge in [0.25, 0.3) is 5.91 Å². The Labute approximate surface area is 135 Å². The molecule has 1 fully saturated rings. The van der Waals surface area contributed by atoms with Gasteiger partial charge in [0.1, 0.15) is 0 Å². The Balaban J connectivity index is 1.68. The van der Waals surface area contributed by atoms with Crippen LogP contribution in [0.1, 0.15) is 41.2 Å². The molecule has 1 aliphatic heterocycles. The lowest BCUT2D eigenvalue weighted by Crippen LogP contribution is -2.38. The van der Waals surface area contributed by atoms with E-state index in [-0.39, 0.29) is 11.9 Å². The molecule has 1 unspecified atom stereocenters. The molecule has 23 heavy (non-hydrogen) atoms. The molecule has 4 rings (SSSR count). The molecule has 116 valence electrons. The third-order valence-corrected chi connectivity index (χ3v) is 4.75. The van der Waals surface area contributed by atoms with Crippen molar-refractivity contribution < 1.29 is 4.79 Å². The number of fused-ring (bicyclic) bond motifs is 1. The minimum atomic E-state index is 0.143. The molecule has 0 radical (unpaired) electrons. The molecule has 0 spiro atoms. The van der Waals surface area contributed by atoms with Gasteiger partial charge >= 0.3 is 0 Å². The van der Waals surface area contributed by atoms with E-state index in [1.165, 1.54) is 17.4 Å². The predicted molar refractivity (Wildman–Crippen MR) is 92.4 cm³/mol. The maximum Gasteiger partial charge on any atom is 0.254 e. The summed E-state index contributed by atoms with van der Waals surface area (Å²) in [5.41, 5.74) is 3.16. The van der Waals surface area contributed by atoms with E-state index >= 15 is 0 Å². The first-order valence-corrected chi connectivity index (χ1v) is 8.26. The first-order valence-electron chi connectivity index (χ1n) is 8.26. The van der Waals surface area contributed by atoms with Gasteiger partial charge in [0.15, 0.2) is 0 Å². The molecule has 1 atom stereocenters. The third-order valence-electron chi connectivity index (χ3n) is 4.75. The highest BCUT2D eigenvalue weighted by atomic mass is 16.2. The molecule has 1 amide bonds. The highest BCUT2D eigenvalue weighted by molar-refractivity contribution is 5.94. The molecule has 1 aliphatic rings. The van der Waals surface area contributed by atoms with Crippen LogP contribution in [0.2, 0.25) is 0 Å². The zero-order chi connectivity index (χ0) is 15.6. The van der Waals surface area contributed by atoms with E-state index in [4.69, 9.17) is 0 Å². The smallest absolute Gasteiger partial charge is 0.254 e. The van der Waals surface area contributed by atoms with Crippen molar-refractivity contribution in [3.8, 4) is 0 Å². The van der Waals surface area contributed by atoms with Crippen LogP contribution in [0.3, 0.4) is 0 Å². The van der Waals surface area contributed by atoms with E-state index in [9.17, 15) is 4.79 Å². The zero-order valence-corrected chi connectivity index (χ0v) is 13.0. The van der Waals surface area contributed by atoms with E-state index < -0.39 is 0 Å². The van der Waals surface area contributed by atoms with Gasteiger partial charge in [-0.2, -0.15) is 0 Å². The lowest BCUT2D eigenvalue weighted by atomic mass is 9.93. The molecule has 3 nitrogen and oxygen atoms in total. The number of benzene rings is 2. The Hall–Kier alpha value is -2.55. The lowest BCUT2D eigenvalue weighted by Gasteiger charge is -2.36. The number of rotatable bonds is 2. The number of aromatic nitrogens is 1. The van der Waals surface area contributed by atoms with Gasteiger partial charge in [-0.25, -0.2) is 0 Å². The van der Waals surface area contributed by atoms with Gasteiger partial charge in [0.05, 0.1) is 6.04 Å². The molecule has 2 heterocycles. The fourth-order valence-corrected chi connectivity index (χ4v) is 3.55. The van der Waals surface area contributed by atoms with Crippen LogP contribution in [-0.4, -0.2) is 22.3 Å². The van der Waals surface area contributed by atoms with Gasteiger partial charge in [-0.05, 0) is 60.5 Å².